The molecule has 2 saturated heterocycles. The van der Waals surface area contributed by atoms with Crippen LogP contribution in [0.5, 0.6) is 0 Å². The fourth-order valence-corrected chi connectivity index (χ4v) is 4.90. The lowest BCUT2D eigenvalue weighted by Gasteiger charge is -2.37. The average Bonchev–Trinajstić information content (AvgIpc) is 2.75. The number of hydrogen-bond donors (Lipinski definition) is 1. The number of para-hydroxylation sites is 1. The first-order chi connectivity index (χ1) is 14.4. The molecule has 4 nitrogen and oxygen atoms in total. The molecule has 0 radical (unpaired) electrons. The minimum Gasteiger partial charge on any atom is -0.386 e. The zero-order chi connectivity index (χ0) is 21.1. The summed E-state index contributed by atoms with van der Waals surface area (Å²) in [6.45, 7) is 10.5. The molecule has 2 fully saturated rings. The Morgan fingerprint density at radius 1 is 0.900 bits per heavy atom. The van der Waals surface area contributed by atoms with Gasteiger partial charge in [-0.15, -0.1) is 0 Å². The largest absolute Gasteiger partial charge is 0.386 e. The molecule has 30 heavy (non-hydrogen) atoms. The molecule has 4 heteroatoms. The van der Waals surface area contributed by atoms with Gasteiger partial charge in [-0.05, 0) is 75.4 Å². The maximum atomic E-state index is 10.2. The predicted molar refractivity (Wildman–Crippen MR) is 126 cm³/mol. The summed E-state index contributed by atoms with van der Waals surface area (Å²) in [5.41, 5.74) is 4.42. The summed E-state index contributed by atoms with van der Waals surface area (Å²) in [6.07, 6.45) is 3.70. The monoisotopic (exact) mass is 407 g/mol. The minimum absolute atomic E-state index is 0.682. The highest BCUT2D eigenvalue weighted by atomic mass is 16.3. The van der Waals surface area contributed by atoms with Gasteiger partial charge in [-0.3, -0.25) is 0 Å². The fraction of sp³-hybridized carbons (Fsp3) is 0.538. The lowest BCUT2D eigenvalue weighted by atomic mass is 9.90. The van der Waals surface area contributed by atoms with Crippen molar-refractivity contribution in [2.75, 3.05) is 56.1 Å². The van der Waals surface area contributed by atoms with Crippen LogP contribution in [0.1, 0.15) is 37.8 Å². The van der Waals surface area contributed by atoms with Crippen LogP contribution in [0, 0.1) is 5.92 Å². The molecule has 1 unspecified atom stereocenters. The smallest absolute Gasteiger partial charge is 0.0840 e. The number of benzene rings is 2. The second kappa shape index (κ2) is 8.99. The first-order valence-corrected chi connectivity index (χ1v) is 11.5. The van der Waals surface area contributed by atoms with Crippen LogP contribution >= 0.6 is 0 Å². The number of rotatable bonds is 5. The summed E-state index contributed by atoms with van der Waals surface area (Å²) in [7, 11) is 2.22. The summed E-state index contributed by atoms with van der Waals surface area (Å²) >= 11 is 0. The SMILES string of the molecule is CN1CCN(c2ccccc2CC2CCCN(c3ccc(C(C)(C)O)cc3)C2)CC1. The molecule has 0 aromatic heterocycles. The molecule has 1 atom stereocenters. The Bertz CT molecular complexity index is 819. The Hall–Kier alpha value is -2.04. The molecule has 0 saturated carbocycles. The molecule has 162 valence electrons. The van der Waals surface area contributed by atoms with Crippen molar-refractivity contribution in [3.8, 4) is 0 Å². The lowest BCUT2D eigenvalue weighted by molar-refractivity contribution is 0.0786. The van der Waals surface area contributed by atoms with Gasteiger partial charge < -0.3 is 19.8 Å². The number of hydrogen-bond acceptors (Lipinski definition) is 4. The van der Waals surface area contributed by atoms with Gasteiger partial charge in [-0.1, -0.05) is 30.3 Å². The standard InChI is InChI=1S/C26H37N3O/c1-26(2,30)23-10-12-24(13-11-23)29-14-6-7-21(20-29)19-22-8-4-5-9-25(22)28-17-15-27(3)16-18-28/h4-5,8-13,21,30H,6-7,14-20H2,1-3H3. The highest BCUT2D eigenvalue weighted by molar-refractivity contribution is 5.54. The highest BCUT2D eigenvalue weighted by Gasteiger charge is 2.24. The van der Waals surface area contributed by atoms with Crippen molar-refractivity contribution < 1.29 is 5.11 Å². The van der Waals surface area contributed by atoms with E-state index in [9.17, 15) is 5.11 Å². The number of piperidine rings is 1. The van der Waals surface area contributed by atoms with E-state index >= 15 is 0 Å². The third-order valence-electron chi connectivity index (χ3n) is 6.80. The van der Waals surface area contributed by atoms with Crippen LogP contribution in [-0.4, -0.2) is 56.3 Å². The molecule has 0 aliphatic carbocycles. The van der Waals surface area contributed by atoms with E-state index in [1.807, 2.05) is 13.8 Å². The third-order valence-corrected chi connectivity index (χ3v) is 6.80. The quantitative estimate of drug-likeness (QED) is 0.807. The molecule has 2 aromatic rings. The number of anilines is 2. The topological polar surface area (TPSA) is 30.0 Å². The van der Waals surface area contributed by atoms with Crippen LogP contribution in [0.4, 0.5) is 11.4 Å². The molecule has 2 heterocycles. The molecular formula is C26H37N3O. The van der Waals surface area contributed by atoms with Gasteiger partial charge in [0.05, 0.1) is 5.60 Å². The van der Waals surface area contributed by atoms with Crippen molar-refractivity contribution in [1.29, 1.82) is 0 Å². The fourth-order valence-electron chi connectivity index (χ4n) is 4.90. The molecule has 0 spiro atoms. The molecule has 2 aliphatic heterocycles. The molecule has 0 amide bonds. The van der Waals surface area contributed by atoms with Crippen LogP contribution in [0.25, 0.3) is 0 Å². The van der Waals surface area contributed by atoms with Crippen molar-refractivity contribution >= 4 is 11.4 Å². The summed E-state index contributed by atoms with van der Waals surface area (Å²) in [5, 5.41) is 10.2. The van der Waals surface area contributed by atoms with Crippen LogP contribution < -0.4 is 9.80 Å². The maximum absolute atomic E-state index is 10.2. The van der Waals surface area contributed by atoms with Crippen LogP contribution in [-0.2, 0) is 12.0 Å². The molecular weight excluding hydrogens is 370 g/mol. The summed E-state index contributed by atoms with van der Waals surface area (Å²) in [6, 6.07) is 17.5. The van der Waals surface area contributed by atoms with Crippen molar-refractivity contribution in [3.05, 3.63) is 59.7 Å². The van der Waals surface area contributed by atoms with E-state index in [1.54, 1.807) is 0 Å². The van der Waals surface area contributed by atoms with Gasteiger partial charge in [-0.25, -0.2) is 0 Å². The molecule has 2 aliphatic rings. The van der Waals surface area contributed by atoms with Crippen molar-refractivity contribution in [2.45, 2.75) is 38.7 Å². The second-order valence-electron chi connectivity index (χ2n) is 9.68. The van der Waals surface area contributed by atoms with E-state index in [-0.39, 0.29) is 0 Å². The minimum atomic E-state index is -0.782. The second-order valence-corrected chi connectivity index (χ2v) is 9.68. The Morgan fingerprint density at radius 2 is 1.60 bits per heavy atom. The van der Waals surface area contributed by atoms with Crippen LogP contribution in [0.3, 0.4) is 0 Å². The van der Waals surface area contributed by atoms with E-state index in [0.29, 0.717) is 5.92 Å². The van der Waals surface area contributed by atoms with Gasteiger partial charge in [0.25, 0.3) is 0 Å². The number of nitrogens with zero attached hydrogens (tertiary/aromatic N) is 3. The Labute approximate surface area is 182 Å². The first kappa shape index (κ1) is 21.2. The summed E-state index contributed by atoms with van der Waals surface area (Å²) < 4.78 is 0. The van der Waals surface area contributed by atoms with E-state index in [0.717, 1.165) is 51.3 Å². The lowest BCUT2D eigenvalue weighted by Crippen LogP contribution is -2.45. The average molecular weight is 408 g/mol. The molecule has 1 N–H and O–H groups in total. The van der Waals surface area contributed by atoms with Gasteiger partial charge in [-0.2, -0.15) is 0 Å². The van der Waals surface area contributed by atoms with Crippen molar-refractivity contribution in [1.82, 2.24) is 4.90 Å². The van der Waals surface area contributed by atoms with E-state index in [2.05, 4.69) is 70.3 Å². The third kappa shape index (κ3) is 4.98. The van der Waals surface area contributed by atoms with Crippen LogP contribution in [0.15, 0.2) is 48.5 Å². The zero-order valence-corrected chi connectivity index (χ0v) is 18.8. The van der Waals surface area contributed by atoms with Gasteiger partial charge in [0.2, 0.25) is 0 Å². The van der Waals surface area contributed by atoms with Gasteiger partial charge >= 0.3 is 0 Å². The van der Waals surface area contributed by atoms with Gasteiger partial charge in [0.15, 0.2) is 0 Å². The number of piperazine rings is 1. The van der Waals surface area contributed by atoms with Gasteiger partial charge in [0.1, 0.15) is 0 Å². The van der Waals surface area contributed by atoms with Crippen molar-refractivity contribution in [3.63, 3.8) is 0 Å². The van der Waals surface area contributed by atoms with E-state index < -0.39 is 5.60 Å². The summed E-state index contributed by atoms with van der Waals surface area (Å²) in [4.78, 5) is 7.52. The predicted octanol–water partition coefficient (Wildman–Crippen LogP) is 4.12. The number of likely N-dealkylation sites (N-methyl/N-ethyl adjacent to an activating group) is 1. The highest BCUT2D eigenvalue weighted by Crippen LogP contribution is 2.30. The normalized spacial score (nSPS) is 21.1. The molecule has 2 aromatic carbocycles. The maximum Gasteiger partial charge on any atom is 0.0840 e. The molecule has 0 bridgehead atoms. The summed E-state index contributed by atoms with van der Waals surface area (Å²) in [5.74, 6) is 0.682. The van der Waals surface area contributed by atoms with E-state index in [1.165, 1.54) is 29.8 Å². The van der Waals surface area contributed by atoms with Crippen LogP contribution in [0.2, 0.25) is 0 Å². The Balaban J connectivity index is 1.44. The first-order valence-electron chi connectivity index (χ1n) is 11.5. The zero-order valence-electron chi connectivity index (χ0n) is 18.8. The van der Waals surface area contributed by atoms with Gasteiger partial charge in [0, 0.05) is 50.6 Å². The van der Waals surface area contributed by atoms with Crippen molar-refractivity contribution in [2.24, 2.45) is 5.92 Å². The Morgan fingerprint density at radius 3 is 2.30 bits per heavy atom. The van der Waals surface area contributed by atoms with E-state index in [4.69, 9.17) is 0 Å². The Kier molecular flexibility index (Phi) is 6.35. The molecule has 4 rings (SSSR count). The number of aliphatic hydroxyl groups is 1.